The van der Waals surface area contributed by atoms with Crippen LogP contribution in [0.1, 0.15) is 18.2 Å². The van der Waals surface area contributed by atoms with E-state index in [-0.39, 0.29) is 5.92 Å². The second-order valence-electron chi connectivity index (χ2n) is 13.5. The van der Waals surface area contributed by atoms with Gasteiger partial charge in [-0.05, 0) is 75.5 Å². The maximum Gasteiger partial charge on any atom is 0.164 e. The summed E-state index contributed by atoms with van der Waals surface area (Å²) in [6.45, 7) is 0. The number of hydrogen-bond donors (Lipinski definition) is 0. The second kappa shape index (κ2) is 11.3. The van der Waals surface area contributed by atoms with E-state index < -0.39 is 0 Å². The third-order valence-electron chi connectivity index (χ3n) is 10.4. The van der Waals surface area contributed by atoms with Crippen molar-refractivity contribution < 1.29 is 8.83 Å². The summed E-state index contributed by atoms with van der Waals surface area (Å²) in [4.78, 5) is 15.5. The molecule has 0 aliphatic heterocycles. The van der Waals surface area contributed by atoms with Crippen molar-refractivity contribution in [3.8, 4) is 33.9 Å². The van der Waals surface area contributed by atoms with Crippen molar-refractivity contribution in [2.75, 3.05) is 0 Å². The van der Waals surface area contributed by atoms with Gasteiger partial charge in [0.1, 0.15) is 28.2 Å². The number of aromatic nitrogens is 3. The maximum atomic E-state index is 6.59. The highest BCUT2D eigenvalue weighted by Gasteiger charge is 2.22. The summed E-state index contributed by atoms with van der Waals surface area (Å²) in [5.41, 5.74) is 7.33. The van der Waals surface area contributed by atoms with Gasteiger partial charge in [-0.1, -0.05) is 121 Å². The minimum atomic E-state index is 0.0349. The lowest BCUT2D eigenvalue weighted by Gasteiger charge is -2.15. The number of para-hydroxylation sites is 1. The normalized spacial score (nSPS) is 14.5. The third-order valence-corrected chi connectivity index (χ3v) is 10.4. The monoisotopic (exact) mass is 667 g/mol. The average Bonchev–Trinajstić information content (AvgIpc) is 3.79. The minimum absolute atomic E-state index is 0.0349. The SMILES string of the molecule is C1=CCC(c2nc(-c3cccc4oc5ccccc5c34)nc(-c3cccc4oc5cc(-c6ccc7ccc8ccccc8c7c6)ccc5c34)n2)C=C1. The van der Waals surface area contributed by atoms with Crippen molar-refractivity contribution in [2.24, 2.45) is 0 Å². The number of furan rings is 2. The zero-order chi connectivity index (χ0) is 34.2. The molecule has 0 saturated heterocycles. The van der Waals surface area contributed by atoms with Gasteiger partial charge in [-0.15, -0.1) is 0 Å². The van der Waals surface area contributed by atoms with Gasteiger partial charge in [0, 0.05) is 38.6 Å². The van der Waals surface area contributed by atoms with Gasteiger partial charge in [-0.3, -0.25) is 0 Å². The first kappa shape index (κ1) is 28.9. The van der Waals surface area contributed by atoms with Crippen molar-refractivity contribution in [3.05, 3.63) is 164 Å². The fraction of sp³-hybridized carbons (Fsp3) is 0.0426. The van der Waals surface area contributed by atoms with E-state index in [9.17, 15) is 0 Å². The van der Waals surface area contributed by atoms with Crippen molar-refractivity contribution in [1.82, 2.24) is 15.0 Å². The number of nitrogens with zero attached hydrogens (tertiary/aromatic N) is 3. The molecule has 5 nitrogen and oxygen atoms in total. The summed E-state index contributed by atoms with van der Waals surface area (Å²) in [7, 11) is 0. The van der Waals surface area contributed by atoms with Gasteiger partial charge in [0.2, 0.25) is 0 Å². The van der Waals surface area contributed by atoms with Crippen molar-refractivity contribution >= 4 is 65.4 Å². The summed E-state index contributed by atoms with van der Waals surface area (Å²) < 4.78 is 12.8. The summed E-state index contributed by atoms with van der Waals surface area (Å²) in [5, 5.41) is 9.01. The van der Waals surface area contributed by atoms with Gasteiger partial charge in [0.15, 0.2) is 11.6 Å². The molecule has 0 bridgehead atoms. The molecule has 244 valence electrons. The van der Waals surface area contributed by atoms with Crippen LogP contribution >= 0.6 is 0 Å². The van der Waals surface area contributed by atoms with Crippen LogP contribution in [0.3, 0.4) is 0 Å². The van der Waals surface area contributed by atoms with E-state index in [2.05, 4.69) is 115 Å². The van der Waals surface area contributed by atoms with E-state index in [1.54, 1.807) is 0 Å². The molecule has 3 aromatic heterocycles. The Bertz CT molecular complexity index is 3130. The van der Waals surface area contributed by atoms with Crippen LogP contribution in [-0.4, -0.2) is 15.0 Å². The molecule has 0 spiro atoms. The number of benzene rings is 7. The van der Waals surface area contributed by atoms with Crippen LogP contribution in [0.5, 0.6) is 0 Å². The van der Waals surface area contributed by atoms with E-state index in [4.69, 9.17) is 23.8 Å². The molecule has 0 amide bonds. The first-order valence-electron chi connectivity index (χ1n) is 17.6. The van der Waals surface area contributed by atoms with Crippen LogP contribution in [0.15, 0.2) is 167 Å². The van der Waals surface area contributed by atoms with Gasteiger partial charge in [0.25, 0.3) is 0 Å². The largest absolute Gasteiger partial charge is 0.456 e. The lowest BCUT2D eigenvalue weighted by molar-refractivity contribution is 0.668. The molecule has 0 saturated carbocycles. The maximum absolute atomic E-state index is 6.59. The Kier molecular flexibility index (Phi) is 6.31. The first-order chi connectivity index (χ1) is 25.7. The Morgan fingerprint density at radius 1 is 0.462 bits per heavy atom. The van der Waals surface area contributed by atoms with Crippen LogP contribution in [0, 0.1) is 0 Å². The van der Waals surface area contributed by atoms with Crippen LogP contribution < -0.4 is 0 Å². The fourth-order valence-electron chi connectivity index (χ4n) is 7.91. The highest BCUT2D eigenvalue weighted by Crippen LogP contribution is 2.40. The summed E-state index contributed by atoms with van der Waals surface area (Å²) in [6, 6.07) is 46.5. The number of hydrogen-bond acceptors (Lipinski definition) is 5. The van der Waals surface area contributed by atoms with Gasteiger partial charge in [-0.2, -0.15) is 0 Å². The highest BCUT2D eigenvalue weighted by molar-refractivity contribution is 6.14. The molecule has 0 radical (unpaired) electrons. The van der Waals surface area contributed by atoms with Gasteiger partial charge in [0.05, 0.1) is 0 Å². The zero-order valence-corrected chi connectivity index (χ0v) is 28.0. The van der Waals surface area contributed by atoms with Crippen LogP contribution in [0.2, 0.25) is 0 Å². The Hall–Kier alpha value is -6.85. The molecule has 1 unspecified atom stereocenters. The smallest absolute Gasteiger partial charge is 0.164 e. The van der Waals surface area contributed by atoms with Gasteiger partial charge < -0.3 is 8.83 Å². The second-order valence-corrected chi connectivity index (χ2v) is 13.5. The molecule has 1 atom stereocenters. The van der Waals surface area contributed by atoms with E-state index in [1.807, 2.05) is 42.5 Å². The highest BCUT2D eigenvalue weighted by atomic mass is 16.3. The summed E-state index contributed by atoms with van der Waals surface area (Å²) in [6.07, 6.45) is 9.30. The molecule has 1 aliphatic rings. The van der Waals surface area contributed by atoms with Crippen LogP contribution in [-0.2, 0) is 0 Å². The molecule has 0 N–H and O–H groups in total. The summed E-state index contributed by atoms with van der Waals surface area (Å²) >= 11 is 0. The minimum Gasteiger partial charge on any atom is -0.456 e. The fourth-order valence-corrected chi connectivity index (χ4v) is 7.91. The van der Waals surface area contributed by atoms with Gasteiger partial charge in [-0.25, -0.2) is 15.0 Å². The molecule has 11 rings (SSSR count). The van der Waals surface area contributed by atoms with E-state index in [0.29, 0.717) is 11.6 Å². The molecule has 0 fully saturated rings. The van der Waals surface area contributed by atoms with E-state index in [0.717, 1.165) is 78.4 Å². The molecular formula is C47H29N3O2. The predicted molar refractivity (Wildman–Crippen MR) is 211 cm³/mol. The lowest BCUT2D eigenvalue weighted by atomic mass is 9.96. The zero-order valence-electron chi connectivity index (χ0n) is 28.0. The lowest BCUT2D eigenvalue weighted by Crippen LogP contribution is -2.08. The van der Waals surface area contributed by atoms with Crippen LogP contribution in [0.4, 0.5) is 0 Å². The molecule has 7 aromatic carbocycles. The molecule has 10 aromatic rings. The Labute approximate surface area is 298 Å². The Morgan fingerprint density at radius 3 is 1.85 bits per heavy atom. The topological polar surface area (TPSA) is 65.0 Å². The van der Waals surface area contributed by atoms with E-state index in [1.165, 1.54) is 21.5 Å². The number of fused-ring (bicyclic) bond motifs is 9. The summed E-state index contributed by atoms with van der Waals surface area (Å²) in [5.74, 6) is 2.01. The third kappa shape index (κ3) is 4.53. The van der Waals surface area contributed by atoms with Gasteiger partial charge >= 0.3 is 0 Å². The molecule has 3 heterocycles. The van der Waals surface area contributed by atoms with Crippen molar-refractivity contribution in [3.63, 3.8) is 0 Å². The number of allylic oxidation sites excluding steroid dienone is 4. The standard InChI is InChI=1S/C47H29N3O2/c1-2-11-30(12-3-1)45-48-46(36-15-8-18-40-43(36)34-14-6-7-17-39(34)51-40)50-47(49-45)37-16-9-19-41-44(37)35-25-24-32(27-42(35)52-41)31-23-22-29-21-20-28-10-4-5-13-33(28)38(29)26-31/h1-11,13-27,30H,12H2. The van der Waals surface area contributed by atoms with Crippen molar-refractivity contribution in [2.45, 2.75) is 12.3 Å². The number of rotatable bonds is 4. The first-order valence-corrected chi connectivity index (χ1v) is 17.6. The Morgan fingerprint density at radius 2 is 1.08 bits per heavy atom. The molecule has 52 heavy (non-hydrogen) atoms. The van der Waals surface area contributed by atoms with Crippen molar-refractivity contribution in [1.29, 1.82) is 0 Å². The Balaban J connectivity index is 1.09. The molecular weight excluding hydrogens is 639 g/mol. The quantitative estimate of drug-likeness (QED) is 0.175. The average molecular weight is 668 g/mol. The van der Waals surface area contributed by atoms with E-state index >= 15 is 0 Å². The molecule has 1 aliphatic carbocycles. The predicted octanol–water partition coefficient (Wildman–Crippen LogP) is 12.6. The van der Waals surface area contributed by atoms with Crippen LogP contribution in [0.25, 0.3) is 99.3 Å². The molecule has 5 heteroatoms.